The van der Waals surface area contributed by atoms with Gasteiger partial charge in [0.15, 0.2) is 0 Å². The normalized spacial score (nSPS) is 10.4. The van der Waals surface area contributed by atoms with Crippen LogP contribution in [0.5, 0.6) is 0 Å². The topological polar surface area (TPSA) is 0 Å². The predicted octanol–water partition coefficient (Wildman–Crippen LogP) is 12.4. The van der Waals surface area contributed by atoms with Crippen LogP contribution in [0.4, 0.5) is 0 Å². The van der Waals surface area contributed by atoms with Gasteiger partial charge in [-0.1, -0.05) is 122 Å². The summed E-state index contributed by atoms with van der Waals surface area (Å²) < 4.78 is 0. The summed E-state index contributed by atoms with van der Waals surface area (Å²) in [5, 5.41) is 10.7. The Morgan fingerprint density at radius 3 is 1.15 bits per heavy atom. The van der Waals surface area contributed by atoms with Crippen molar-refractivity contribution in [2.75, 3.05) is 0 Å². The summed E-state index contributed by atoms with van der Waals surface area (Å²) in [6, 6.07) is 52.9. The average Bonchev–Trinajstić information content (AvgIpc) is 3.73. The second-order valence-electron chi connectivity index (χ2n) is 11.1. The van der Waals surface area contributed by atoms with E-state index >= 15 is 0 Å². The van der Waals surface area contributed by atoms with Gasteiger partial charge in [0.25, 0.3) is 0 Å². The first kappa shape index (κ1) is 35.0. The molecule has 0 spiro atoms. The van der Waals surface area contributed by atoms with Crippen molar-refractivity contribution in [3.8, 4) is 22.3 Å². The van der Waals surface area contributed by atoms with Crippen molar-refractivity contribution >= 4 is 50.0 Å². The molecule has 0 aromatic heterocycles. The molecule has 0 unspecified atom stereocenters. The molecule has 0 atom stereocenters. The molecule has 0 fully saturated rings. The molecule has 2 radical (unpaired) electrons. The van der Waals surface area contributed by atoms with Crippen LogP contribution in [-0.4, -0.2) is 6.88 Å². The standard InChI is InChI=1S/2C21H17.2CH3.Si.Zr/c2*1-2-15-13-17-9-6-12-20(21(17)14-15)19-11-5-8-16-7-3-4-10-18(16)19;;;;/h2*3-14H,2H2,1H3;2*1H3;;/q4*-1;;. The number of aryl methyl sites for hydroxylation is 2. The quantitative estimate of drug-likeness (QED) is 0.128. The van der Waals surface area contributed by atoms with Crippen molar-refractivity contribution in [1.82, 2.24) is 0 Å². The van der Waals surface area contributed by atoms with E-state index in [1.807, 2.05) is 0 Å². The molecule has 0 N–H and O–H groups in total. The number of hydrogen-bond donors (Lipinski definition) is 0. The number of benzene rings is 6. The van der Waals surface area contributed by atoms with E-state index in [-0.39, 0.29) is 14.9 Å². The second kappa shape index (κ2) is 16.1. The van der Waals surface area contributed by atoms with Crippen molar-refractivity contribution in [3.63, 3.8) is 0 Å². The fourth-order valence-electron chi connectivity index (χ4n) is 6.39. The molecule has 0 amide bonds. The van der Waals surface area contributed by atoms with Crippen molar-refractivity contribution in [1.29, 1.82) is 0 Å². The summed E-state index contributed by atoms with van der Waals surface area (Å²) >= 11 is 1.36. The van der Waals surface area contributed by atoms with E-state index in [0.29, 0.717) is 0 Å². The first-order valence-corrected chi connectivity index (χ1v) is 19.5. The van der Waals surface area contributed by atoms with Gasteiger partial charge in [0, 0.05) is 0 Å². The second-order valence-corrected chi connectivity index (χ2v) is 11.1. The molecule has 8 aromatic carbocycles. The first-order valence-electron chi connectivity index (χ1n) is 15.3. The first-order chi connectivity index (χ1) is 21.7. The zero-order valence-corrected chi connectivity index (χ0v) is 30.7. The third-order valence-corrected chi connectivity index (χ3v) is 8.60. The van der Waals surface area contributed by atoms with Crippen LogP contribution in [0.25, 0.3) is 65.3 Å². The van der Waals surface area contributed by atoms with Gasteiger partial charge in [-0.2, -0.15) is 12.1 Å². The molecule has 0 aliphatic heterocycles. The summed E-state index contributed by atoms with van der Waals surface area (Å²) in [7, 11) is 0. The zero-order valence-electron chi connectivity index (χ0n) is 27.3. The molecular weight excluding hydrogens is 648 g/mol. The van der Waals surface area contributed by atoms with Crippen LogP contribution < -0.4 is 0 Å². The van der Waals surface area contributed by atoms with Crippen molar-refractivity contribution in [3.05, 3.63) is 172 Å². The fourth-order valence-corrected chi connectivity index (χ4v) is 6.39. The Morgan fingerprint density at radius 2 is 0.761 bits per heavy atom. The molecule has 46 heavy (non-hydrogen) atoms. The van der Waals surface area contributed by atoms with Crippen molar-refractivity contribution < 1.29 is 23.3 Å². The van der Waals surface area contributed by atoms with E-state index < -0.39 is 0 Å². The third kappa shape index (κ3) is 6.95. The van der Waals surface area contributed by atoms with Gasteiger partial charge in [0.2, 0.25) is 0 Å². The van der Waals surface area contributed by atoms with Crippen LogP contribution in [-0.2, 0) is 36.2 Å². The number of rotatable bonds is 4. The van der Waals surface area contributed by atoms with Gasteiger partial charge in [-0.15, -0.1) is 69.1 Å². The molecule has 228 valence electrons. The van der Waals surface area contributed by atoms with Gasteiger partial charge in [0.05, 0.1) is 0 Å². The van der Waals surface area contributed by atoms with E-state index in [2.05, 4.69) is 166 Å². The SMILES string of the molecule is CCc1cc2c(-c3cccc4ccccc34)cccc2[cH-]1.CCc1cc2c(-c3cccc4ccccc34)cccc2[cH-]1.[CH3-].[CH3-].[Si]=[Zr]. The molecule has 0 bridgehead atoms. The van der Waals surface area contributed by atoms with E-state index in [4.69, 9.17) is 0 Å². The number of hydrogen-bond acceptors (Lipinski definition) is 0. The molecular formula is C44H40SiZr-4. The monoisotopic (exact) mass is 686 g/mol. The molecule has 8 aromatic rings. The summed E-state index contributed by atoms with van der Waals surface area (Å²) in [5.74, 6) is 0. The van der Waals surface area contributed by atoms with E-state index in [9.17, 15) is 0 Å². The van der Waals surface area contributed by atoms with Crippen LogP contribution in [0, 0.1) is 14.9 Å². The van der Waals surface area contributed by atoms with Crippen molar-refractivity contribution in [2.45, 2.75) is 26.7 Å². The van der Waals surface area contributed by atoms with Crippen molar-refractivity contribution in [2.24, 2.45) is 0 Å². The van der Waals surface area contributed by atoms with E-state index in [0.717, 1.165) is 12.8 Å². The third-order valence-electron chi connectivity index (χ3n) is 8.60. The molecule has 0 nitrogen and oxygen atoms in total. The van der Waals surface area contributed by atoms with Gasteiger partial charge in [0.1, 0.15) is 0 Å². The van der Waals surface area contributed by atoms with Gasteiger partial charge in [-0.25, -0.2) is 0 Å². The summed E-state index contributed by atoms with van der Waals surface area (Å²) in [5.41, 5.74) is 8.15. The Hall–Kier alpha value is -3.84. The number of fused-ring (bicyclic) bond motifs is 4. The van der Waals surface area contributed by atoms with Crippen LogP contribution in [0.15, 0.2) is 146 Å². The molecule has 0 saturated carbocycles. The maximum atomic E-state index is 3.06. The van der Waals surface area contributed by atoms with Crippen LogP contribution in [0.1, 0.15) is 25.0 Å². The van der Waals surface area contributed by atoms with Crippen LogP contribution in [0.2, 0.25) is 0 Å². The Bertz CT molecular complexity index is 2030. The molecule has 0 heterocycles. The zero-order chi connectivity index (χ0) is 30.5. The molecule has 0 aliphatic rings. The van der Waals surface area contributed by atoms with E-state index in [1.165, 1.54) is 99.8 Å². The predicted molar refractivity (Wildman–Crippen MR) is 202 cm³/mol. The Morgan fingerprint density at radius 1 is 0.435 bits per heavy atom. The minimum absolute atomic E-state index is 0. The minimum atomic E-state index is 0. The van der Waals surface area contributed by atoms with Crippen LogP contribution >= 0.6 is 0 Å². The van der Waals surface area contributed by atoms with E-state index in [1.54, 1.807) is 0 Å². The van der Waals surface area contributed by atoms with Gasteiger partial charge in [-0.3, -0.25) is 0 Å². The Kier molecular flexibility index (Phi) is 12.3. The Balaban J connectivity index is 0.000000190. The summed E-state index contributed by atoms with van der Waals surface area (Å²) in [4.78, 5) is 0. The van der Waals surface area contributed by atoms with Gasteiger partial charge >= 0.3 is 30.2 Å². The molecule has 2 heteroatoms. The average molecular weight is 688 g/mol. The van der Waals surface area contributed by atoms with Gasteiger partial charge in [-0.05, 0) is 45.5 Å². The molecule has 0 saturated heterocycles. The summed E-state index contributed by atoms with van der Waals surface area (Å²) in [6.45, 7) is 7.49. The fraction of sp³-hybridized carbons (Fsp3) is 0.0909. The Labute approximate surface area is 292 Å². The summed E-state index contributed by atoms with van der Waals surface area (Å²) in [6.07, 6.45) is 2.17. The van der Waals surface area contributed by atoms with Gasteiger partial charge < -0.3 is 14.9 Å². The molecule has 8 rings (SSSR count). The van der Waals surface area contributed by atoms with Crippen LogP contribution in [0.3, 0.4) is 0 Å². The maximum absolute atomic E-state index is 3.06. The molecule has 0 aliphatic carbocycles.